The number of carbonyl (C=O) groups excluding carboxylic acids is 1. The van der Waals surface area contributed by atoms with Crippen molar-refractivity contribution in [3.8, 4) is 17.2 Å². The summed E-state index contributed by atoms with van der Waals surface area (Å²) in [5.74, 6) is 2.13. The van der Waals surface area contributed by atoms with Crippen LogP contribution in [0, 0.1) is 5.92 Å². The molecule has 1 saturated carbocycles. The Balaban J connectivity index is 2.32. The normalized spacial score (nSPS) is 15.3. The van der Waals surface area contributed by atoms with Crippen LogP contribution in [0.1, 0.15) is 29.6 Å². The summed E-state index contributed by atoms with van der Waals surface area (Å²) in [4.78, 5) is 11.0. The van der Waals surface area contributed by atoms with E-state index in [9.17, 15) is 4.79 Å². The summed E-state index contributed by atoms with van der Waals surface area (Å²) in [6, 6.07) is 3.32. The maximum absolute atomic E-state index is 11.0. The van der Waals surface area contributed by atoms with E-state index in [1.807, 2.05) is 6.08 Å². The molecular weight excluding hydrogens is 256 g/mol. The number of hydrogen-bond donors (Lipinski definition) is 0. The predicted molar refractivity (Wildman–Crippen MR) is 76.9 cm³/mol. The molecule has 0 unspecified atom stereocenters. The Morgan fingerprint density at radius 2 is 2.00 bits per heavy atom. The molecule has 2 rings (SSSR count). The number of aldehydes is 1. The third-order valence-electron chi connectivity index (χ3n) is 3.43. The Bertz CT molecular complexity index is 491. The summed E-state index contributed by atoms with van der Waals surface area (Å²) >= 11 is 0. The Hall–Kier alpha value is -1.97. The summed E-state index contributed by atoms with van der Waals surface area (Å²) < 4.78 is 16.7. The smallest absolute Gasteiger partial charge is 0.203 e. The lowest BCUT2D eigenvalue weighted by Gasteiger charge is -2.20. The SMILES string of the molecule is C=CC[C@H](Oc1cc(C=O)cc(OC)c1OC)C1CC1. The van der Waals surface area contributed by atoms with Gasteiger partial charge in [-0.3, -0.25) is 4.79 Å². The average molecular weight is 276 g/mol. The van der Waals surface area contributed by atoms with Crippen LogP contribution in [0.5, 0.6) is 17.2 Å². The molecule has 1 aliphatic rings. The van der Waals surface area contributed by atoms with Crippen molar-refractivity contribution in [2.45, 2.75) is 25.4 Å². The summed E-state index contributed by atoms with van der Waals surface area (Å²) in [5, 5.41) is 0. The van der Waals surface area contributed by atoms with E-state index in [4.69, 9.17) is 14.2 Å². The fraction of sp³-hybridized carbons (Fsp3) is 0.438. The maximum atomic E-state index is 11.0. The number of hydrogen-bond acceptors (Lipinski definition) is 4. The zero-order chi connectivity index (χ0) is 14.5. The van der Waals surface area contributed by atoms with Crippen LogP contribution in [0.15, 0.2) is 24.8 Å². The monoisotopic (exact) mass is 276 g/mol. The Morgan fingerprint density at radius 3 is 2.50 bits per heavy atom. The van der Waals surface area contributed by atoms with Gasteiger partial charge in [0.2, 0.25) is 5.75 Å². The van der Waals surface area contributed by atoms with E-state index in [1.165, 1.54) is 12.8 Å². The Kier molecular flexibility index (Phi) is 4.66. The van der Waals surface area contributed by atoms with Gasteiger partial charge >= 0.3 is 0 Å². The number of carbonyl (C=O) groups is 1. The van der Waals surface area contributed by atoms with Crippen LogP contribution in [-0.4, -0.2) is 26.6 Å². The first-order chi connectivity index (χ1) is 9.73. The molecular formula is C16H20O4. The topological polar surface area (TPSA) is 44.8 Å². The van der Waals surface area contributed by atoms with Gasteiger partial charge in [-0.15, -0.1) is 6.58 Å². The van der Waals surface area contributed by atoms with Gasteiger partial charge in [0.15, 0.2) is 11.5 Å². The zero-order valence-corrected chi connectivity index (χ0v) is 11.9. The fourth-order valence-electron chi connectivity index (χ4n) is 2.24. The lowest BCUT2D eigenvalue weighted by atomic mass is 10.1. The minimum atomic E-state index is 0.0769. The second-order valence-electron chi connectivity index (χ2n) is 4.89. The number of ether oxygens (including phenoxy) is 3. The number of rotatable bonds is 8. The third kappa shape index (κ3) is 3.13. The minimum absolute atomic E-state index is 0.0769. The first-order valence-corrected chi connectivity index (χ1v) is 6.72. The van der Waals surface area contributed by atoms with Crippen LogP contribution in [0.3, 0.4) is 0 Å². The van der Waals surface area contributed by atoms with Gasteiger partial charge in [0.1, 0.15) is 12.4 Å². The average Bonchev–Trinajstić information content (AvgIpc) is 3.30. The van der Waals surface area contributed by atoms with E-state index in [2.05, 4.69) is 6.58 Å². The van der Waals surface area contributed by atoms with Crippen molar-refractivity contribution in [2.75, 3.05) is 14.2 Å². The molecule has 0 N–H and O–H groups in total. The molecule has 1 aliphatic carbocycles. The van der Waals surface area contributed by atoms with Crippen molar-refractivity contribution in [1.82, 2.24) is 0 Å². The number of methoxy groups -OCH3 is 2. The van der Waals surface area contributed by atoms with Gasteiger partial charge in [0.05, 0.1) is 14.2 Å². The van der Waals surface area contributed by atoms with Crippen LogP contribution in [0.2, 0.25) is 0 Å². The highest BCUT2D eigenvalue weighted by molar-refractivity contribution is 5.78. The molecule has 20 heavy (non-hydrogen) atoms. The van der Waals surface area contributed by atoms with Crippen LogP contribution in [-0.2, 0) is 0 Å². The van der Waals surface area contributed by atoms with Crippen molar-refractivity contribution in [1.29, 1.82) is 0 Å². The predicted octanol–water partition coefficient (Wildman–Crippen LogP) is 3.25. The largest absolute Gasteiger partial charge is 0.493 e. The second kappa shape index (κ2) is 6.46. The van der Waals surface area contributed by atoms with Crippen molar-refractivity contribution < 1.29 is 19.0 Å². The molecule has 1 aromatic carbocycles. The first-order valence-electron chi connectivity index (χ1n) is 6.72. The molecule has 0 spiro atoms. The molecule has 1 atom stereocenters. The third-order valence-corrected chi connectivity index (χ3v) is 3.43. The lowest BCUT2D eigenvalue weighted by Crippen LogP contribution is -2.18. The van der Waals surface area contributed by atoms with Gasteiger partial charge in [-0.05, 0) is 30.9 Å². The molecule has 0 amide bonds. The van der Waals surface area contributed by atoms with E-state index in [0.29, 0.717) is 28.7 Å². The van der Waals surface area contributed by atoms with Crippen LogP contribution in [0.25, 0.3) is 0 Å². The van der Waals surface area contributed by atoms with Crippen LogP contribution < -0.4 is 14.2 Å². The van der Waals surface area contributed by atoms with Gasteiger partial charge in [0, 0.05) is 12.0 Å². The molecule has 1 fully saturated rings. The summed E-state index contributed by atoms with van der Waals surface area (Å²) in [7, 11) is 3.10. The number of benzene rings is 1. The highest BCUT2D eigenvalue weighted by Crippen LogP contribution is 2.42. The standard InChI is InChI=1S/C16H20O4/c1-4-5-13(12-6-7-12)20-15-9-11(10-17)8-14(18-2)16(15)19-3/h4,8-10,12-13H,1,5-7H2,2-3H3/t13-/m0/s1. The van der Waals surface area contributed by atoms with Gasteiger partial charge < -0.3 is 14.2 Å². The molecule has 0 saturated heterocycles. The Morgan fingerprint density at radius 1 is 1.30 bits per heavy atom. The summed E-state index contributed by atoms with van der Waals surface area (Å²) in [6.45, 7) is 3.77. The van der Waals surface area contributed by atoms with Crippen molar-refractivity contribution in [3.05, 3.63) is 30.4 Å². The van der Waals surface area contributed by atoms with Gasteiger partial charge in [0.25, 0.3) is 0 Å². The van der Waals surface area contributed by atoms with Gasteiger partial charge in [-0.2, -0.15) is 0 Å². The van der Waals surface area contributed by atoms with Crippen molar-refractivity contribution in [2.24, 2.45) is 5.92 Å². The van der Waals surface area contributed by atoms with E-state index in [1.54, 1.807) is 26.4 Å². The molecule has 0 aromatic heterocycles. The molecule has 1 aromatic rings. The minimum Gasteiger partial charge on any atom is -0.493 e. The highest BCUT2D eigenvalue weighted by Gasteiger charge is 2.33. The van der Waals surface area contributed by atoms with E-state index >= 15 is 0 Å². The molecule has 0 aliphatic heterocycles. The second-order valence-corrected chi connectivity index (χ2v) is 4.89. The molecule has 4 nitrogen and oxygen atoms in total. The van der Waals surface area contributed by atoms with Crippen LogP contribution >= 0.6 is 0 Å². The summed E-state index contributed by atoms with van der Waals surface area (Å²) in [5.41, 5.74) is 0.505. The Labute approximate surface area is 119 Å². The molecule has 0 bridgehead atoms. The zero-order valence-electron chi connectivity index (χ0n) is 11.9. The van der Waals surface area contributed by atoms with Crippen molar-refractivity contribution in [3.63, 3.8) is 0 Å². The highest BCUT2D eigenvalue weighted by atomic mass is 16.5. The molecule has 0 radical (unpaired) electrons. The van der Waals surface area contributed by atoms with Crippen LogP contribution in [0.4, 0.5) is 0 Å². The fourth-order valence-corrected chi connectivity index (χ4v) is 2.24. The lowest BCUT2D eigenvalue weighted by molar-refractivity contribution is 0.112. The molecule has 108 valence electrons. The van der Waals surface area contributed by atoms with Crippen molar-refractivity contribution >= 4 is 6.29 Å². The quantitative estimate of drug-likeness (QED) is 0.540. The van der Waals surface area contributed by atoms with E-state index in [-0.39, 0.29) is 6.10 Å². The van der Waals surface area contributed by atoms with E-state index < -0.39 is 0 Å². The maximum Gasteiger partial charge on any atom is 0.203 e. The first kappa shape index (κ1) is 14.4. The van der Waals surface area contributed by atoms with Gasteiger partial charge in [-0.1, -0.05) is 6.08 Å². The molecule has 0 heterocycles. The molecule has 4 heteroatoms. The van der Waals surface area contributed by atoms with E-state index in [0.717, 1.165) is 12.7 Å². The van der Waals surface area contributed by atoms with Gasteiger partial charge in [-0.25, -0.2) is 0 Å². The summed E-state index contributed by atoms with van der Waals surface area (Å²) in [6.07, 6.45) is 5.83.